The molecule has 0 spiro atoms. The van der Waals surface area contributed by atoms with Crippen molar-refractivity contribution in [3.63, 3.8) is 0 Å². The number of hydrogen-bond acceptors (Lipinski definition) is 0. The normalized spacial score (nSPS) is 0. The molecule has 0 rings (SSSR count). The third-order valence-corrected chi connectivity index (χ3v) is 0. The Labute approximate surface area is 44.4 Å². The second kappa shape index (κ2) is 40.1. The van der Waals surface area contributed by atoms with Crippen LogP contribution < -0.4 is 0 Å². The van der Waals surface area contributed by atoms with Crippen LogP contribution in [0.3, 0.4) is 0 Å². The molecule has 0 amide bonds. The summed E-state index contributed by atoms with van der Waals surface area (Å²) < 4.78 is 0. The van der Waals surface area contributed by atoms with Crippen molar-refractivity contribution in [2.75, 3.05) is 0 Å². The molecule has 32 valence electrons. The molecular formula is Ni2O2. The molecule has 2 nitrogen and oxygen atoms in total. The fourth-order valence-corrected chi connectivity index (χ4v) is 0. The van der Waals surface area contributed by atoms with Crippen LogP contribution >= 0.6 is 0 Å². The molecule has 0 aromatic rings. The quantitative estimate of drug-likeness (QED) is 0.427. The van der Waals surface area contributed by atoms with E-state index in [9.17, 15) is 0 Å². The molecule has 0 saturated heterocycles. The summed E-state index contributed by atoms with van der Waals surface area (Å²) in [6, 6.07) is 0. The zero-order valence-corrected chi connectivity index (χ0v) is 3.42. The van der Waals surface area contributed by atoms with E-state index in [2.05, 4.69) is 0 Å². The topological polar surface area (TPSA) is 57.0 Å². The first-order chi connectivity index (χ1) is 0. The minimum atomic E-state index is 0. The standard InChI is InChI=1S/2Ni.2O/q2*+2;2*-2. The van der Waals surface area contributed by atoms with Crippen LogP contribution in [0.5, 0.6) is 0 Å². The van der Waals surface area contributed by atoms with E-state index in [1.807, 2.05) is 0 Å². The molecular weight excluding hydrogens is 149 g/mol. The van der Waals surface area contributed by atoms with Gasteiger partial charge in [-0.05, 0) is 0 Å². The minimum absolute atomic E-state index is 0. The Hall–Kier alpha value is 0.907. The van der Waals surface area contributed by atoms with Crippen molar-refractivity contribution >= 4 is 0 Å². The summed E-state index contributed by atoms with van der Waals surface area (Å²) in [5, 5.41) is 0. The average Bonchev–Trinajstić information content (AvgIpc) is 0. The monoisotopic (exact) mass is 148 g/mol. The van der Waals surface area contributed by atoms with Crippen molar-refractivity contribution in [1.82, 2.24) is 0 Å². The van der Waals surface area contributed by atoms with E-state index in [4.69, 9.17) is 0 Å². The van der Waals surface area contributed by atoms with E-state index in [-0.39, 0.29) is 43.9 Å². The van der Waals surface area contributed by atoms with Gasteiger partial charge in [-0.25, -0.2) is 0 Å². The van der Waals surface area contributed by atoms with Gasteiger partial charge >= 0.3 is 33.0 Å². The predicted octanol–water partition coefficient (Wildman–Crippen LogP) is -0.243. The average molecular weight is 149 g/mol. The van der Waals surface area contributed by atoms with Crippen molar-refractivity contribution in [2.45, 2.75) is 0 Å². The van der Waals surface area contributed by atoms with Crippen molar-refractivity contribution in [3.05, 3.63) is 0 Å². The Morgan fingerprint density at radius 2 is 0.500 bits per heavy atom. The predicted molar refractivity (Wildman–Crippen MR) is 1.37 cm³/mol. The van der Waals surface area contributed by atoms with Gasteiger partial charge in [0.25, 0.3) is 0 Å². The molecule has 4 heavy (non-hydrogen) atoms. The zero-order valence-electron chi connectivity index (χ0n) is 1.45. The summed E-state index contributed by atoms with van der Waals surface area (Å²) in [4.78, 5) is 0. The van der Waals surface area contributed by atoms with Crippen molar-refractivity contribution in [2.24, 2.45) is 0 Å². The molecule has 0 saturated carbocycles. The van der Waals surface area contributed by atoms with E-state index in [0.29, 0.717) is 0 Å². The van der Waals surface area contributed by atoms with E-state index in [1.54, 1.807) is 0 Å². The smallest absolute Gasteiger partial charge is 2.00 e. The molecule has 0 aromatic carbocycles. The van der Waals surface area contributed by atoms with Crippen LogP contribution in [0, 0.1) is 0 Å². The van der Waals surface area contributed by atoms with Gasteiger partial charge in [-0.3, -0.25) is 0 Å². The van der Waals surface area contributed by atoms with E-state index in [0.717, 1.165) is 0 Å². The fraction of sp³-hybridized carbons (Fsp3) is 0. The van der Waals surface area contributed by atoms with Crippen molar-refractivity contribution in [1.29, 1.82) is 0 Å². The summed E-state index contributed by atoms with van der Waals surface area (Å²) in [6.07, 6.45) is 0. The molecule has 0 bridgehead atoms. The van der Waals surface area contributed by atoms with E-state index >= 15 is 0 Å². The first kappa shape index (κ1) is 91.0. The van der Waals surface area contributed by atoms with Gasteiger partial charge in [0.1, 0.15) is 0 Å². The molecule has 0 aromatic heterocycles. The Morgan fingerprint density at radius 3 is 0.500 bits per heavy atom. The second-order valence-corrected chi connectivity index (χ2v) is 0. The first-order valence-corrected chi connectivity index (χ1v) is 0. The SMILES string of the molecule is [Ni+2].[Ni+2].[O-2].[O-2]. The Morgan fingerprint density at radius 1 is 0.500 bits per heavy atom. The second-order valence-electron chi connectivity index (χ2n) is 0. The number of hydrogen-bond donors (Lipinski definition) is 0. The Bertz CT molecular complexity index is 4.00. The summed E-state index contributed by atoms with van der Waals surface area (Å²) in [5.74, 6) is 0. The molecule has 0 radical (unpaired) electrons. The maximum Gasteiger partial charge on any atom is 2.00 e. The van der Waals surface area contributed by atoms with Crippen LogP contribution in [0.1, 0.15) is 0 Å². The Balaban J connectivity index is 0. The summed E-state index contributed by atoms with van der Waals surface area (Å²) >= 11 is 0. The maximum absolute atomic E-state index is 0. The molecule has 0 unspecified atom stereocenters. The number of rotatable bonds is 0. The van der Waals surface area contributed by atoms with E-state index in [1.165, 1.54) is 0 Å². The van der Waals surface area contributed by atoms with Gasteiger partial charge in [0, 0.05) is 0 Å². The first-order valence-electron chi connectivity index (χ1n) is 0. The van der Waals surface area contributed by atoms with Crippen LogP contribution in [-0.4, -0.2) is 0 Å². The van der Waals surface area contributed by atoms with Gasteiger partial charge in [0.2, 0.25) is 0 Å². The molecule has 4 heteroatoms. The van der Waals surface area contributed by atoms with Gasteiger partial charge in [-0.1, -0.05) is 0 Å². The minimum Gasteiger partial charge on any atom is -2.00 e. The zero-order chi connectivity index (χ0) is 0. The van der Waals surface area contributed by atoms with Crippen LogP contribution in [0.2, 0.25) is 0 Å². The molecule has 0 aliphatic heterocycles. The van der Waals surface area contributed by atoms with E-state index < -0.39 is 0 Å². The van der Waals surface area contributed by atoms with Crippen LogP contribution in [0.25, 0.3) is 0 Å². The van der Waals surface area contributed by atoms with Gasteiger partial charge < -0.3 is 11.0 Å². The van der Waals surface area contributed by atoms with Crippen LogP contribution in [0.15, 0.2) is 0 Å². The molecule has 0 N–H and O–H groups in total. The van der Waals surface area contributed by atoms with Crippen LogP contribution in [-0.2, 0) is 43.9 Å². The van der Waals surface area contributed by atoms with Crippen LogP contribution in [0.4, 0.5) is 0 Å². The molecule has 0 atom stereocenters. The van der Waals surface area contributed by atoms with Gasteiger partial charge in [0.15, 0.2) is 0 Å². The Kier molecular flexibility index (Phi) is 914. The molecule has 0 fully saturated rings. The maximum atomic E-state index is 0. The van der Waals surface area contributed by atoms with Gasteiger partial charge in [0.05, 0.1) is 0 Å². The summed E-state index contributed by atoms with van der Waals surface area (Å²) in [5.41, 5.74) is 0. The third-order valence-electron chi connectivity index (χ3n) is 0. The molecule has 0 aliphatic rings. The van der Waals surface area contributed by atoms with Crippen molar-refractivity contribution < 1.29 is 43.9 Å². The van der Waals surface area contributed by atoms with Gasteiger partial charge in [-0.2, -0.15) is 0 Å². The third kappa shape index (κ3) is 12.9. The van der Waals surface area contributed by atoms with Gasteiger partial charge in [-0.15, -0.1) is 0 Å². The molecule has 0 aliphatic carbocycles. The van der Waals surface area contributed by atoms with Crippen molar-refractivity contribution in [3.8, 4) is 0 Å². The summed E-state index contributed by atoms with van der Waals surface area (Å²) in [7, 11) is 0. The summed E-state index contributed by atoms with van der Waals surface area (Å²) in [6.45, 7) is 0. The molecule has 0 heterocycles. The largest absolute Gasteiger partial charge is 2.00 e. The fourth-order valence-electron chi connectivity index (χ4n) is 0.